The Balaban J connectivity index is 0.00000182. The van der Waals surface area contributed by atoms with Gasteiger partial charge in [0.2, 0.25) is 0 Å². The van der Waals surface area contributed by atoms with E-state index in [0.717, 1.165) is 30.5 Å². The number of hydrogen-bond acceptors (Lipinski definition) is 5. The highest BCUT2D eigenvalue weighted by molar-refractivity contribution is 5.96. The second-order valence-corrected chi connectivity index (χ2v) is 7.17. The molecule has 1 aromatic rings. The minimum Gasteiger partial charge on any atom is -0.504 e. The van der Waals surface area contributed by atoms with Gasteiger partial charge in [-0.3, -0.25) is 4.79 Å². The summed E-state index contributed by atoms with van der Waals surface area (Å²) in [7, 11) is 5.25. The first-order valence-electron chi connectivity index (χ1n) is 8.40. The summed E-state index contributed by atoms with van der Waals surface area (Å²) in [4.78, 5) is 15.0. The Hall–Kier alpha value is -1.72. The Morgan fingerprint density at radius 1 is 1.28 bits per heavy atom. The van der Waals surface area contributed by atoms with Crippen LogP contribution in [-0.4, -0.2) is 49.6 Å². The molecule has 1 aliphatic heterocycles. The number of benzene rings is 1. The molecule has 0 spiro atoms. The second-order valence-electron chi connectivity index (χ2n) is 7.17. The molecule has 0 unspecified atom stereocenters. The van der Waals surface area contributed by atoms with E-state index in [-0.39, 0.29) is 35.3 Å². The standard InChI is InChI=1S/C19H23NO4.ClH/c1-20-7-6-19-10-14(21)16(24-3)9-12(19)13(20)8-11-4-5-15(23-2)18(22)17(11)19;/h4-5,9,12-13,22H,6-8,10H2,1-3H3;1H/t12-,13-,19-;/m0./s1. The van der Waals surface area contributed by atoms with Crippen LogP contribution in [0.1, 0.15) is 24.0 Å². The van der Waals surface area contributed by atoms with E-state index in [1.54, 1.807) is 14.2 Å². The number of ketones is 1. The molecule has 6 heteroatoms. The Labute approximate surface area is 154 Å². The van der Waals surface area contributed by atoms with Crippen LogP contribution >= 0.6 is 12.4 Å². The molecule has 1 fully saturated rings. The molecule has 5 nitrogen and oxygen atoms in total. The lowest BCUT2D eigenvalue weighted by atomic mass is 9.53. The number of halogens is 1. The smallest absolute Gasteiger partial charge is 0.197 e. The van der Waals surface area contributed by atoms with Crippen molar-refractivity contribution in [3.8, 4) is 11.5 Å². The monoisotopic (exact) mass is 365 g/mol. The summed E-state index contributed by atoms with van der Waals surface area (Å²) in [6, 6.07) is 4.18. The van der Waals surface area contributed by atoms with Crippen LogP contribution in [0.2, 0.25) is 0 Å². The van der Waals surface area contributed by atoms with Crippen LogP contribution in [0, 0.1) is 5.92 Å². The number of rotatable bonds is 2. The van der Waals surface area contributed by atoms with Gasteiger partial charge in [0, 0.05) is 29.4 Å². The van der Waals surface area contributed by atoms with Crippen molar-refractivity contribution < 1.29 is 19.4 Å². The molecule has 3 atom stereocenters. The number of aromatic hydroxyl groups is 1. The topological polar surface area (TPSA) is 59.0 Å². The Bertz CT molecular complexity index is 747. The van der Waals surface area contributed by atoms with Gasteiger partial charge in [0.05, 0.1) is 14.2 Å². The zero-order chi connectivity index (χ0) is 17.1. The molecule has 1 N–H and O–H groups in total. The molecule has 2 aliphatic carbocycles. The summed E-state index contributed by atoms with van der Waals surface area (Å²) in [5, 5.41) is 10.9. The summed E-state index contributed by atoms with van der Waals surface area (Å²) in [6.07, 6.45) is 4.08. The third-order valence-corrected chi connectivity index (χ3v) is 6.21. The molecular weight excluding hydrogens is 342 g/mol. The minimum atomic E-state index is -0.359. The quantitative estimate of drug-likeness (QED) is 0.872. The lowest BCUT2D eigenvalue weighted by Crippen LogP contribution is -2.60. The van der Waals surface area contributed by atoms with Crippen molar-refractivity contribution in [1.82, 2.24) is 4.90 Å². The van der Waals surface area contributed by atoms with E-state index < -0.39 is 0 Å². The van der Waals surface area contributed by atoms with Crippen molar-refractivity contribution in [1.29, 1.82) is 0 Å². The molecule has 1 heterocycles. The fraction of sp³-hybridized carbons (Fsp3) is 0.526. The zero-order valence-corrected chi connectivity index (χ0v) is 15.6. The SMILES string of the molecule is COC1=C[C@H]2[C@@H]3Cc4ccc(OC)c(O)c4[C@@]2(CCN3C)CC1=O.Cl. The molecule has 0 amide bonds. The number of likely N-dealkylation sites (tertiary alicyclic amines) is 1. The molecule has 1 saturated heterocycles. The highest BCUT2D eigenvalue weighted by atomic mass is 35.5. The number of likely N-dealkylation sites (N-methyl/N-ethyl adjacent to an activating group) is 1. The van der Waals surface area contributed by atoms with Crippen molar-refractivity contribution in [3.63, 3.8) is 0 Å². The van der Waals surface area contributed by atoms with Crippen LogP contribution in [0.25, 0.3) is 0 Å². The van der Waals surface area contributed by atoms with Crippen molar-refractivity contribution in [3.05, 3.63) is 35.1 Å². The highest BCUT2D eigenvalue weighted by Gasteiger charge is 2.56. The third kappa shape index (κ3) is 2.36. The van der Waals surface area contributed by atoms with Gasteiger partial charge < -0.3 is 19.5 Å². The number of carbonyl (C=O) groups excluding carboxylic acids is 1. The number of fused-ring (bicyclic) bond motifs is 1. The largest absolute Gasteiger partial charge is 0.504 e. The van der Waals surface area contributed by atoms with Gasteiger partial charge in [-0.05, 0) is 44.1 Å². The molecule has 1 aromatic carbocycles. The lowest BCUT2D eigenvalue weighted by molar-refractivity contribution is -0.122. The Kier molecular flexibility index (Phi) is 4.50. The summed E-state index contributed by atoms with van der Waals surface area (Å²) in [5.41, 5.74) is 1.68. The van der Waals surface area contributed by atoms with Crippen LogP contribution in [0.5, 0.6) is 11.5 Å². The second kappa shape index (κ2) is 6.22. The van der Waals surface area contributed by atoms with Gasteiger partial charge >= 0.3 is 0 Å². The van der Waals surface area contributed by atoms with Crippen molar-refractivity contribution in [2.45, 2.75) is 30.7 Å². The first kappa shape index (κ1) is 18.1. The van der Waals surface area contributed by atoms with Gasteiger partial charge in [-0.2, -0.15) is 0 Å². The number of methoxy groups -OCH3 is 2. The van der Waals surface area contributed by atoms with Crippen molar-refractivity contribution in [2.75, 3.05) is 27.8 Å². The number of nitrogens with zero attached hydrogens (tertiary/aromatic N) is 1. The van der Waals surface area contributed by atoms with E-state index in [1.807, 2.05) is 18.2 Å². The Morgan fingerprint density at radius 3 is 2.72 bits per heavy atom. The minimum absolute atomic E-state index is 0. The molecule has 25 heavy (non-hydrogen) atoms. The third-order valence-electron chi connectivity index (χ3n) is 6.21. The van der Waals surface area contributed by atoms with Gasteiger partial charge in [-0.1, -0.05) is 6.07 Å². The lowest BCUT2D eigenvalue weighted by Gasteiger charge is -2.56. The molecular formula is C19H24ClNO4. The van der Waals surface area contributed by atoms with Crippen LogP contribution in [0.15, 0.2) is 24.0 Å². The molecule has 0 aromatic heterocycles. The Morgan fingerprint density at radius 2 is 2.04 bits per heavy atom. The maximum Gasteiger partial charge on any atom is 0.197 e. The summed E-state index contributed by atoms with van der Waals surface area (Å²) < 4.78 is 10.6. The zero-order valence-electron chi connectivity index (χ0n) is 14.7. The highest BCUT2D eigenvalue weighted by Crippen LogP contribution is 2.57. The number of allylic oxidation sites excluding steroid dienone is 1. The number of Topliss-reactive ketones (excluding diaryl/α,β-unsaturated/α-hetero) is 1. The van der Waals surface area contributed by atoms with Crippen molar-refractivity contribution in [2.24, 2.45) is 5.92 Å². The van der Waals surface area contributed by atoms with Crippen molar-refractivity contribution >= 4 is 18.2 Å². The maximum absolute atomic E-state index is 12.6. The van der Waals surface area contributed by atoms with Crippen LogP contribution in [-0.2, 0) is 21.4 Å². The van der Waals surface area contributed by atoms with E-state index in [9.17, 15) is 9.90 Å². The number of piperidine rings is 1. The first-order valence-corrected chi connectivity index (χ1v) is 8.40. The molecule has 4 rings (SSSR count). The van der Waals surface area contributed by atoms with Gasteiger partial charge in [0.15, 0.2) is 23.0 Å². The normalized spacial score (nSPS) is 30.5. The average Bonchev–Trinajstić information content (AvgIpc) is 2.57. The molecule has 136 valence electrons. The molecule has 0 saturated carbocycles. The number of ether oxygens (including phenoxy) is 2. The summed E-state index contributed by atoms with van der Waals surface area (Å²) in [6.45, 7) is 0.917. The van der Waals surface area contributed by atoms with E-state index in [4.69, 9.17) is 9.47 Å². The van der Waals surface area contributed by atoms with E-state index in [1.165, 1.54) is 0 Å². The predicted octanol–water partition coefficient (Wildman–Crippen LogP) is 2.44. The van der Waals surface area contributed by atoms with E-state index in [0.29, 0.717) is 24.0 Å². The van der Waals surface area contributed by atoms with Crippen LogP contribution in [0.3, 0.4) is 0 Å². The molecule has 2 bridgehead atoms. The summed E-state index contributed by atoms with van der Waals surface area (Å²) in [5.74, 6) is 1.32. The summed E-state index contributed by atoms with van der Waals surface area (Å²) >= 11 is 0. The maximum atomic E-state index is 12.6. The number of phenolic OH excluding ortho intramolecular Hbond substituents is 1. The number of phenols is 1. The fourth-order valence-corrected chi connectivity index (χ4v) is 5.03. The fourth-order valence-electron chi connectivity index (χ4n) is 5.03. The average molecular weight is 366 g/mol. The van der Waals surface area contributed by atoms with Crippen LogP contribution in [0.4, 0.5) is 0 Å². The molecule has 3 aliphatic rings. The number of hydrogen-bond donors (Lipinski definition) is 1. The van der Waals surface area contributed by atoms with Gasteiger partial charge in [0.1, 0.15) is 0 Å². The van der Waals surface area contributed by atoms with Gasteiger partial charge in [0.25, 0.3) is 0 Å². The van der Waals surface area contributed by atoms with Gasteiger partial charge in [-0.15, -0.1) is 12.4 Å². The van der Waals surface area contributed by atoms with E-state index >= 15 is 0 Å². The van der Waals surface area contributed by atoms with Crippen LogP contribution < -0.4 is 4.74 Å². The van der Waals surface area contributed by atoms with E-state index in [2.05, 4.69) is 11.9 Å². The molecule has 0 radical (unpaired) electrons. The number of carbonyl (C=O) groups is 1. The first-order chi connectivity index (χ1) is 11.5. The van der Waals surface area contributed by atoms with Gasteiger partial charge in [-0.25, -0.2) is 0 Å². The predicted molar refractivity (Wildman–Crippen MR) is 96.5 cm³/mol.